The van der Waals surface area contributed by atoms with Crippen molar-refractivity contribution in [3.8, 4) is 17.1 Å². The summed E-state index contributed by atoms with van der Waals surface area (Å²) in [6, 6.07) is 13.4. The van der Waals surface area contributed by atoms with Gasteiger partial charge in [0, 0.05) is 23.4 Å². The SMILES string of the molecule is Cc1cc(C)c(-n2c(C)cc3c2-c2cccc[n+]2C3)c(C)c1. The summed E-state index contributed by atoms with van der Waals surface area (Å²) in [6.45, 7) is 9.79. The molecule has 0 atom stereocenters. The normalized spacial score (nSPS) is 12.4. The molecule has 4 rings (SSSR count). The van der Waals surface area contributed by atoms with Crippen molar-refractivity contribution in [3.05, 3.63) is 70.5 Å². The van der Waals surface area contributed by atoms with Gasteiger partial charge in [0.15, 0.2) is 12.7 Å². The number of hydrogen-bond donors (Lipinski definition) is 0. The van der Waals surface area contributed by atoms with Crippen LogP contribution in [-0.4, -0.2) is 4.57 Å². The Morgan fingerprint density at radius 1 is 0.955 bits per heavy atom. The number of hydrogen-bond acceptors (Lipinski definition) is 0. The summed E-state index contributed by atoms with van der Waals surface area (Å²) in [4.78, 5) is 0. The summed E-state index contributed by atoms with van der Waals surface area (Å²) in [5.41, 5.74) is 10.7. The average molecular weight is 289 g/mol. The lowest BCUT2D eigenvalue weighted by Crippen LogP contribution is -2.31. The smallest absolute Gasteiger partial charge is 0.230 e. The minimum Gasteiger partial charge on any atom is -0.308 e. The van der Waals surface area contributed by atoms with Gasteiger partial charge in [-0.15, -0.1) is 0 Å². The van der Waals surface area contributed by atoms with Crippen LogP contribution < -0.4 is 4.57 Å². The molecular formula is C20H21N2+. The quantitative estimate of drug-likeness (QED) is 0.468. The van der Waals surface area contributed by atoms with E-state index in [9.17, 15) is 0 Å². The minimum atomic E-state index is 0.975. The van der Waals surface area contributed by atoms with Crippen molar-refractivity contribution in [3.63, 3.8) is 0 Å². The highest BCUT2D eigenvalue weighted by Crippen LogP contribution is 2.35. The maximum absolute atomic E-state index is 2.44. The van der Waals surface area contributed by atoms with Gasteiger partial charge in [0.2, 0.25) is 5.69 Å². The first-order chi connectivity index (χ1) is 10.6. The lowest BCUT2D eigenvalue weighted by Gasteiger charge is -2.16. The van der Waals surface area contributed by atoms with Gasteiger partial charge in [0.05, 0.1) is 5.69 Å². The molecule has 22 heavy (non-hydrogen) atoms. The summed E-state index contributed by atoms with van der Waals surface area (Å²) < 4.78 is 4.78. The minimum absolute atomic E-state index is 0.975. The van der Waals surface area contributed by atoms with Crippen LogP contribution in [0.2, 0.25) is 0 Å². The Morgan fingerprint density at radius 2 is 1.68 bits per heavy atom. The molecule has 0 radical (unpaired) electrons. The zero-order valence-corrected chi connectivity index (χ0v) is 13.6. The fourth-order valence-electron chi connectivity index (χ4n) is 3.93. The number of aromatic nitrogens is 2. The van der Waals surface area contributed by atoms with E-state index in [2.05, 4.69) is 79.4 Å². The highest BCUT2D eigenvalue weighted by Gasteiger charge is 2.31. The maximum atomic E-state index is 2.44. The lowest BCUT2D eigenvalue weighted by molar-refractivity contribution is -0.672. The van der Waals surface area contributed by atoms with E-state index < -0.39 is 0 Å². The van der Waals surface area contributed by atoms with Gasteiger partial charge in [0.25, 0.3) is 0 Å². The number of rotatable bonds is 1. The standard InChI is InChI=1S/C20H21N2/c1-13-9-14(2)19(15(3)10-13)22-16(4)11-17-12-21-8-6-5-7-18(21)20(17)22/h5-11H,12H2,1-4H3/q+1. The third kappa shape index (κ3) is 1.77. The Morgan fingerprint density at radius 3 is 2.41 bits per heavy atom. The molecule has 2 nitrogen and oxygen atoms in total. The van der Waals surface area contributed by atoms with Gasteiger partial charge in [0.1, 0.15) is 5.69 Å². The number of pyridine rings is 1. The van der Waals surface area contributed by atoms with E-state index in [1.165, 1.54) is 45.0 Å². The number of fused-ring (bicyclic) bond motifs is 3. The largest absolute Gasteiger partial charge is 0.308 e. The molecule has 0 saturated carbocycles. The molecule has 0 unspecified atom stereocenters. The Bertz CT molecular complexity index is 877. The monoisotopic (exact) mass is 289 g/mol. The van der Waals surface area contributed by atoms with Crippen LogP contribution in [-0.2, 0) is 6.54 Å². The van der Waals surface area contributed by atoms with Crippen molar-refractivity contribution in [1.82, 2.24) is 4.57 Å². The second kappa shape index (κ2) is 4.57. The zero-order valence-electron chi connectivity index (χ0n) is 13.6. The molecule has 0 spiro atoms. The van der Waals surface area contributed by atoms with Crippen LogP contribution >= 0.6 is 0 Å². The highest BCUT2D eigenvalue weighted by molar-refractivity contribution is 5.67. The third-order valence-electron chi connectivity index (χ3n) is 4.65. The molecule has 0 saturated heterocycles. The molecule has 0 aliphatic carbocycles. The maximum Gasteiger partial charge on any atom is 0.230 e. The van der Waals surface area contributed by atoms with E-state index in [0.717, 1.165) is 6.54 Å². The Hall–Kier alpha value is -2.35. The molecular weight excluding hydrogens is 268 g/mol. The molecule has 3 heterocycles. The van der Waals surface area contributed by atoms with Crippen molar-refractivity contribution in [2.24, 2.45) is 0 Å². The lowest BCUT2D eigenvalue weighted by atomic mass is 10.0. The van der Waals surface area contributed by atoms with Crippen LogP contribution in [0.25, 0.3) is 17.1 Å². The number of nitrogens with zero attached hydrogens (tertiary/aromatic N) is 2. The topological polar surface area (TPSA) is 8.81 Å². The summed E-state index contributed by atoms with van der Waals surface area (Å²) in [7, 11) is 0. The van der Waals surface area contributed by atoms with E-state index in [1.807, 2.05) is 0 Å². The van der Waals surface area contributed by atoms with Crippen LogP contribution in [0.15, 0.2) is 42.6 Å². The Kier molecular flexibility index (Phi) is 2.77. The second-order valence-electron chi connectivity index (χ2n) is 6.46. The zero-order chi connectivity index (χ0) is 15.4. The molecule has 1 aromatic carbocycles. The van der Waals surface area contributed by atoms with Crippen LogP contribution in [0, 0.1) is 27.7 Å². The summed E-state index contributed by atoms with van der Waals surface area (Å²) in [6.07, 6.45) is 2.17. The van der Waals surface area contributed by atoms with E-state index in [0.29, 0.717) is 0 Å². The summed E-state index contributed by atoms with van der Waals surface area (Å²) in [5.74, 6) is 0. The van der Waals surface area contributed by atoms with E-state index in [4.69, 9.17) is 0 Å². The fourth-order valence-corrected chi connectivity index (χ4v) is 3.93. The van der Waals surface area contributed by atoms with Crippen molar-refractivity contribution >= 4 is 0 Å². The van der Waals surface area contributed by atoms with Crippen LogP contribution in [0.5, 0.6) is 0 Å². The van der Waals surface area contributed by atoms with Crippen molar-refractivity contribution in [2.75, 3.05) is 0 Å². The number of benzene rings is 1. The number of aryl methyl sites for hydroxylation is 4. The Balaban J connectivity index is 2.05. The van der Waals surface area contributed by atoms with Gasteiger partial charge < -0.3 is 4.57 Å². The first-order valence-corrected chi connectivity index (χ1v) is 7.84. The summed E-state index contributed by atoms with van der Waals surface area (Å²) in [5, 5.41) is 0. The predicted molar refractivity (Wildman–Crippen MR) is 89.5 cm³/mol. The predicted octanol–water partition coefficient (Wildman–Crippen LogP) is 4.03. The molecule has 2 aromatic heterocycles. The molecule has 3 aromatic rings. The molecule has 0 N–H and O–H groups in total. The Labute approximate surface area is 131 Å². The van der Waals surface area contributed by atoms with Crippen LogP contribution in [0.4, 0.5) is 0 Å². The fraction of sp³-hybridized carbons (Fsp3) is 0.250. The first-order valence-electron chi connectivity index (χ1n) is 7.84. The van der Waals surface area contributed by atoms with Crippen molar-refractivity contribution in [2.45, 2.75) is 34.2 Å². The van der Waals surface area contributed by atoms with Gasteiger partial charge in [-0.3, -0.25) is 0 Å². The third-order valence-corrected chi connectivity index (χ3v) is 4.65. The van der Waals surface area contributed by atoms with Crippen LogP contribution in [0.3, 0.4) is 0 Å². The van der Waals surface area contributed by atoms with Gasteiger partial charge >= 0.3 is 0 Å². The van der Waals surface area contributed by atoms with Gasteiger partial charge in [-0.2, -0.15) is 4.57 Å². The second-order valence-corrected chi connectivity index (χ2v) is 6.46. The van der Waals surface area contributed by atoms with Crippen molar-refractivity contribution in [1.29, 1.82) is 0 Å². The van der Waals surface area contributed by atoms with Gasteiger partial charge in [-0.25, -0.2) is 0 Å². The molecule has 110 valence electrons. The molecule has 1 aliphatic rings. The van der Waals surface area contributed by atoms with E-state index in [-0.39, 0.29) is 0 Å². The van der Waals surface area contributed by atoms with Gasteiger partial charge in [-0.1, -0.05) is 17.7 Å². The molecule has 0 fully saturated rings. The molecule has 0 bridgehead atoms. The van der Waals surface area contributed by atoms with E-state index >= 15 is 0 Å². The highest BCUT2D eigenvalue weighted by atomic mass is 15.1. The van der Waals surface area contributed by atoms with E-state index in [1.54, 1.807) is 0 Å². The van der Waals surface area contributed by atoms with Crippen LogP contribution in [0.1, 0.15) is 27.9 Å². The molecule has 0 amide bonds. The first kappa shape index (κ1) is 13.3. The van der Waals surface area contributed by atoms with Crippen molar-refractivity contribution < 1.29 is 4.57 Å². The van der Waals surface area contributed by atoms with Gasteiger partial charge in [-0.05, 0) is 51.0 Å². The molecule has 1 aliphatic heterocycles. The summed E-state index contributed by atoms with van der Waals surface area (Å²) >= 11 is 0. The molecule has 2 heteroatoms. The average Bonchev–Trinajstić information content (AvgIpc) is 2.94.